The van der Waals surface area contributed by atoms with Crippen LogP contribution in [0.1, 0.15) is 44.7 Å². The van der Waals surface area contributed by atoms with Gasteiger partial charge in [-0.2, -0.15) is 5.26 Å². The second-order valence-corrected chi connectivity index (χ2v) is 5.73. The first kappa shape index (κ1) is 14.2. The number of hydrogen-bond acceptors (Lipinski definition) is 2. The lowest BCUT2D eigenvalue weighted by molar-refractivity contribution is -0.122. The lowest BCUT2D eigenvalue weighted by Gasteiger charge is -2.20. The highest BCUT2D eigenvalue weighted by Crippen LogP contribution is 2.17. The van der Waals surface area contributed by atoms with Crippen molar-refractivity contribution < 1.29 is 4.79 Å². The Morgan fingerprint density at radius 3 is 2.33 bits per heavy atom. The Morgan fingerprint density at radius 2 is 1.89 bits per heavy atom. The molecule has 0 aromatic heterocycles. The van der Waals surface area contributed by atoms with E-state index in [2.05, 4.69) is 32.2 Å². The summed E-state index contributed by atoms with van der Waals surface area (Å²) in [5.74, 6) is -0.172. The molecular formula is C15H20N2O. The standard InChI is InChI=1S/C15H20N2O/c1-11(14(18)17-10-15(2,3)4)13-7-5-12(9-16)6-8-13/h5-8,11H,10H2,1-4H3,(H,17,18)/t11-/m0/s1. The molecule has 0 spiro atoms. The van der Waals surface area contributed by atoms with E-state index in [1.54, 1.807) is 12.1 Å². The molecule has 3 heteroatoms. The summed E-state index contributed by atoms with van der Waals surface area (Å²) in [6, 6.07) is 9.21. The molecule has 0 fully saturated rings. The summed E-state index contributed by atoms with van der Waals surface area (Å²) in [7, 11) is 0. The summed E-state index contributed by atoms with van der Waals surface area (Å²) < 4.78 is 0. The maximum absolute atomic E-state index is 12.0. The average Bonchev–Trinajstić information content (AvgIpc) is 2.34. The molecule has 1 atom stereocenters. The maximum Gasteiger partial charge on any atom is 0.227 e. The van der Waals surface area contributed by atoms with Crippen LogP contribution in [-0.2, 0) is 4.79 Å². The summed E-state index contributed by atoms with van der Waals surface area (Å²) in [6.45, 7) is 8.78. The Morgan fingerprint density at radius 1 is 1.33 bits per heavy atom. The minimum Gasteiger partial charge on any atom is -0.355 e. The Kier molecular flexibility index (Phi) is 4.49. The van der Waals surface area contributed by atoms with Crippen molar-refractivity contribution in [1.29, 1.82) is 5.26 Å². The molecule has 0 radical (unpaired) electrons. The van der Waals surface area contributed by atoms with Gasteiger partial charge in [0, 0.05) is 6.54 Å². The zero-order valence-electron chi connectivity index (χ0n) is 11.4. The van der Waals surface area contributed by atoms with Crippen LogP contribution in [0.2, 0.25) is 0 Å². The number of amides is 1. The minimum absolute atomic E-state index is 0.0228. The third kappa shape index (κ3) is 4.21. The van der Waals surface area contributed by atoms with Crippen LogP contribution in [0.25, 0.3) is 0 Å². The van der Waals surface area contributed by atoms with Crippen molar-refractivity contribution in [3.63, 3.8) is 0 Å². The molecule has 0 unspecified atom stereocenters. The van der Waals surface area contributed by atoms with Gasteiger partial charge in [-0.25, -0.2) is 0 Å². The number of nitriles is 1. The Hall–Kier alpha value is -1.82. The molecule has 3 nitrogen and oxygen atoms in total. The van der Waals surface area contributed by atoms with E-state index in [9.17, 15) is 4.79 Å². The van der Waals surface area contributed by atoms with Crippen molar-refractivity contribution in [3.05, 3.63) is 35.4 Å². The van der Waals surface area contributed by atoms with Crippen molar-refractivity contribution in [2.75, 3.05) is 6.54 Å². The van der Waals surface area contributed by atoms with E-state index in [1.165, 1.54) is 0 Å². The van der Waals surface area contributed by atoms with Gasteiger partial charge in [0.05, 0.1) is 17.6 Å². The fourth-order valence-corrected chi connectivity index (χ4v) is 1.50. The summed E-state index contributed by atoms with van der Waals surface area (Å²) in [4.78, 5) is 12.0. The van der Waals surface area contributed by atoms with E-state index in [4.69, 9.17) is 5.26 Å². The highest BCUT2D eigenvalue weighted by molar-refractivity contribution is 5.83. The van der Waals surface area contributed by atoms with Crippen molar-refractivity contribution in [3.8, 4) is 6.07 Å². The molecule has 96 valence electrons. The average molecular weight is 244 g/mol. The zero-order valence-corrected chi connectivity index (χ0v) is 11.4. The smallest absolute Gasteiger partial charge is 0.227 e. The molecule has 1 N–H and O–H groups in total. The van der Waals surface area contributed by atoms with E-state index in [1.807, 2.05) is 19.1 Å². The molecule has 0 aliphatic heterocycles. The first-order valence-electron chi connectivity index (χ1n) is 6.11. The van der Waals surface area contributed by atoms with Gasteiger partial charge in [-0.3, -0.25) is 4.79 Å². The molecule has 1 aromatic carbocycles. The minimum atomic E-state index is -0.194. The van der Waals surface area contributed by atoms with Crippen molar-refractivity contribution in [2.45, 2.75) is 33.6 Å². The first-order valence-corrected chi connectivity index (χ1v) is 6.11. The van der Waals surface area contributed by atoms with Gasteiger partial charge in [-0.05, 0) is 30.0 Å². The number of rotatable bonds is 3. The van der Waals surface area contributed by atoms with Gasteiger partial charge < -0.3 is 5.32 Å². The summed E-state index contributed by atoms with van der Waals surface area (Å²) in [5.41, 5.74) is 1.63. The maximum atomic E-state index is 12.0. The molecule has 1 aromatic rings. The lowest BCUT2D eigenvalue weighted by atomic mass is 9.95. The van der Waals surface area contributed by atoms with E-state index >= 15 is 0 Å². The highest BCUT2D eigenvalue weighted by Gasteiger charge is 2.17. The molecule has 0 saturated carbocycles. The number of hydrogen-bond donors (Lipinski definition) is 1. The third-order valence-corrected chi connectivity index (χ3v) is 2.73. The molecule has 0 aliphatic carbocycles. The summed E-state index contributed by atoms with van der Waals surface area (Å²) >= 11 is 0. The van der Waals surface area contributed by atoms with E-state index < -0.39 is 0 Å². The molecule has 0 saturated heterocycles. The normalized spacial score (nSPS) is 12.6. The van der Waals surface area contributed by atoms with Crippen LogP contribution in [0.15, 0.2) is 24.3 Å². The molecule has 18 heavy (non-hydrogen) atoms. The van der Waals surface area contributed by atoms with E-state index in [-0.39, 0.29) is 17.2 Å². The molecule has 1 rings (SSSR count). The molecule has 0 aliphatic rings. The second kappa shape index (κ2) is 5.68. The zero-order chi connectivity index (χ0) is 13.8. The van der Waals surface area contributed by atoms with Crippen molar-refractivity contribution >= 4 is 5.91 Å². The van der Waals surface area contributed by atoms with Crippen LogP contribution >= 0.6 is 0 Å². The van der Waals surface area contributed by atoms with Gasteiger partial charge in [0.1, 0.15) is 0 Å². The lowest BCUT2D eigenvalue weighted by Crippen LogP contribution is -2.34. The van der Waals surface area contributed by atoms with Gasteiger partial charge in [0.25, 0.3) is 0 Å². The third-order valence-electron chi connectivity index (χ3n) is 2.73. The number of carbonyl (C=O) groups excluding carboxylic acids is 1. The largest absolute Gasteiger partial charge is 0.355 e. The van der Waals surface area contributed by atoms with Crippen molar-refractivity contribution in [2.24, 2.45) is 5.41 Å². The SMILES string of the molecule is C[C@H](C(=O)NCC(C)(C)C)c1ccc(C#N)cc1. The predicted molar refractivity (Wildman–Crippen MR) is 72.0 cm³/mol. The predicted octanol–water partition coefficient (Wildman–Crippen LogP) is 2.82. The number of nitrogens with one attached hydrogen (secondary N) is 1. The van der Waals surface area contributed by atoms with Crippen LogP contribution < -0.4 is 5.32 Å². The Bertz CT molecular complexity index is 449. The van der Waals surface area contributed by atoms with E-state index in [0.717, 1.165) is 5.56 Å². The fourth-order valence-electron chi connectivity index (χ4n) is 1.50. The Labute approximate surface area is 109 Å². The van der Waals surface area contributed by atoms with Crippen LogP contribution in [0, 0.1) is 16.7 Å². The number of nitrogens with zero attached hydrogens (tertiary/aromatic N) is 1. The molecular weight excluding hydrogens is 224 g/mol. The van der Waals surface area contributed by atoms with Gasteiger partial charge >= 0.3 is 0 Å². The number of benzene rings is 1. The Balaban J connectivity index is 2.66. The quantitative estimate of drug-likeness (QED) is 0.888. The van der Waals surface area contributed by atoms with Gasteiger partial charge in [-0.15, -0.1) is 0 Å². The van der Waals surface area contributed by atoms with Crippen LogP contribution in [-0.4, -0.2) is 12.5 Å². The fraction of sp³-hybridized carbons (Fsp3) is 0.467. The highest BCUT2D eigenvalue weighted by atomic mass is 16.1. The van der Waals surface area contributed by atoms with Crippen LogP contribution in [0.3, 0.4) is 0 Å². The molecule has 0 heterocycles. The summed E-state index contributed by atoms with van der Waals surface area (Å²) in [6.07, 6.45) is 0. The van der Waals surface area contributed by atoms with Gasteiger partial charge in [0.15, 0.2) is 0 Å². The topological polar surface area (TPSA) is 52.9 Å². The first-order chi connectivity index (χ1) is 8.33. The molecule has 0 bridgehead atoms. The monoisotopic (exact) mass is 244 g/mol. The second-order valence-electron chi connectivity index (χ2n) is 5.73. The van der Waals surface area contributed by atoms with Crippen molar-refractivity contribution in [1.82, 2.24) is 5.32 Å². The van der Waals surface area contributed by atoms with Gasteiger partial charge in [0.2, 0.25) is 5.91 Å². The van der Waals surface area contributed by atoms with Gasteiger partial charge in [-0.1, -0.05) is 32.9 Å². The van der Waals surface area contributed by atoms with Crippen LogP contribution in [0.5, 0.6) is 0 Å². The molecule has 1 amide bonds. The summed E-state index contributed by atoms with van der Waals surface area (Å²) in [5, 5.41) is 11.7. The van der Waals surface area contributed by atoms with Crippen LogP contribution in [0.4, 0.5) is 0 Å². The van der Waals surface area contributed by atoms with E-state index in [0.29, 0.717) is 12.1 Å². The number of carbonyl (C=O) groups is 1.